The van der Waals surface area contributed by atoms with Gasteiger partial charge in [-0.15, -0.1) is 0 Å². The van der Waals surface area contributed by atoms with Crippen molar-refractivity contribution in [2.75, 3.05) is 12.4 Å². The molecule has 0 aliphatic carbocycles. The minimum atomic E-state index is -0.275. The van der Waals surface area contributed by atoms with Gasteiger partial charge in [-0.3, -0.25) is 14.6 Å². The maximum atomic E-state index is 12.3. The van der Waals surface area contributed by atoms with Crippen LogP contribution in [-0.4, -0.2) is 23.8 Å². The molecule has 0 saturated heterocycles. The summed E-state index contributed by atoms with van der Waals surface area (Å²) in [6.45, 7) is 2.19. The second kappa shape index (κ2) is 10.0. The van der Waals surface area contributed by atoms with E-state index in [1.807, 2.05) is 42.5 Å². The van der Waals surface area contributed by atoms with Crippen LogP contribution >= 0.6 is 0 Å². The number of ether oxygens (including phenoxy) is 1. The fourth-order valence-electron chi connectivity index (χ4n) is 2.81. The van der Waals surface area contributed by atoms with Crippen LogP contribution in [0.25, 0.3) is 6.08 Å². The molecular formula is C24H23N3O3. The molecule has 1 aromatic heterocycles. The molecule has 3 rings (SSSR count). The van der Waals surface area contributed by atoms with E-state index in [9.17, 15) is 9.59 Å². The smallest absolute Gasteiger partial charge is 0.251 e. The highest BCUT2D eigenvalue weighted by atomic mass is 16.5. The summed E-state index contributed by atoms with van der Waals surface area (Å²) in [5, 5.41) is 5.40. The van der Waals surface area contributed by atoms with Gasteiger partial charge in [0.2, 0.25) is 5.91 Å². The third kappa shape index (κ3) is 5.54. The fourth-order valence-corrected chi connectivity index (χ4v) is 2.81. The van der Waals surface area contributed by atoms with Gasteiger partial charge in [0.15, 0.2) is 0 Å². The predicted molar refractivity (Wildman–Crippen MR) is 117 cm³/mol. The van der Waals surface area contributed by atoms with Gasteiger partial charge in [0.05, 0.1) is 5.69 Å². The topological polar surface area (TPSA) is 80.3 Å². The first-order chi connectivity index (χ1) is 14.6. The summed E-state index contributed by atoms with van der Waals surface area (Å²) < 4.78 is 5.71. The lowest BCUT2D eigenvalue weighted by Crippen LogP contribution is -2.20. The Morgan fingerprint density at radius 3 is 2.53 bits per heavy atom. The average Bonchev–Trinajstić information content (AvgIpc) is 2.78. The molecule has 3 aromatic rings. The van der Waals surface area contributed by atoms with E-state index in [1.165, 1.54) is 6.08 Å². The molecule has 0 unspecified atom stereocenters. The van der Waals surface area contributed by atoms with Crippen LogP contribution in [0, 0.1) is 6.92 Å². The molecular weight excluding hydrogens is 378 g/mol. The fraction of sp³-hybridized carbons (Fsp3) is 0.125. The van der Waals surface area contributed by atoms with Crippen LogP contribution in [-0.2, 0) is 11.4 Å². The van der Waals surface area contributed by atoms with Crippen LogP contribution in [0.1, 0.15) is 27.2 Å². The molecule has 0 bridgehead atoms. The van der Waals surface area contributed by atoms with Crippen LogP contribution < -0.4 is 15.4 Å². The highest BCUT2D eigenvalue weighted by Crippen LogP contribution is 2.19. The summed E-state index contributed by atoms with van der Waals surface area (Å²) in [5.74, 6) is 0.260. The van der Waals surface area contributed by atoms with Crippen molar-refractivity contribution in [2.45, 2.75) is 13.5 Å². The van der Waals surface area contributed by atoms with E-state index in [-0.39, 0.29) is 11.8 Å². The Balaban J connectivity index is 1.58. The number of rotatable bonds is 7. The van der Waals surface area contributed by atoms with Gasteiger partial charge in [-0.25, -0.2) is 0 Å². The number of nitrogens with one attached hydrogen (secondary N) is 2. The number of amides is 2. The maximum Gasteiger partial charge on any atom is 0.251 e. The van der Waals surface area contributed by atoms with Crippen LogP contribution in [0.15, 0.2) is 72.9 Å². The van der Waals surface area contributed by atoms with Gasteiger partial charge in [-0.1, -0.05) is 24.3 Å². The summed E-state index contributed by atoms with van der Waals surface area (Å²) >= 11 is 0. The Bertz CT molecular complexity index is 1050. The number of nitrogens with zero attached hydrogens (tertiary/aromatic N) is 1. The quantitative estimate of drug-likeness (QED) is 0.587. The standard InChI is InChI=1S/C24H23N3O3/c1-17-21(24(29)25-2)7-5-8-22(17)27-23(28)14-11-18-9-12-20(13-10-18)30-16-19-6-3-4-15-26-19/h3-15H,16H2,1-2H3,(H,25,29)(H,27,28)/b14-11+. The van der Waals surface area contributed by atoms with Gasteiger partial charge in [0.25, 0.3) is 5.91 Å². The SMILES string of the molecule is CNC(=O)c1cccc(NC(=O)/C=C/c2ccc(OCc3ccccn3)cc2)c1C. The normalized spacial score (nSPS) is 10.6. The van der Waals surface area contributed by atoms with Gasteiger partial charge in [-0.05, 0) is 60.5 Å². The van der Waals surface area contributed by atoms with Gasteiger partial charge in [0.1, 0.15) is 12.4 Å². The largest absolute Gasteiger partial charge is 0.487 e. The van der Waals surface area contributed by atoms with Crippen molar-refractivity contribution >= 4 is 23.6 Å². The highest BCUT2D eigenvalue weighted by molar-refractivity contribution is 6.04. The minimum absolute atomic E-state index is 0.190. The molecule has 30 heavy (non-hydrogen) atoms. The molecule has 0 fully saturated rings. The molecule has 0 atom stereocenters. The van der Waals surface area contributed by atoms with Crippen molar-refractivity contribution in [2.24, 2.45) is 0 Å². The molecule has 2 amide bonds. The Kier molecular flexibility index (Phi) is 6.95. The Hall–Kier alpha value is -3.93. The van der Waals surface area contributed by atoms with E-state index >= 15 is 0 Å². The maximum absolute atomic E-state index is 12.3. The van der Waals surface area contributed by atoms with Crippen molar-refractivity contribution in [3.8, 4) is 5.75 Å². The molecule has 0 spiro atoms. The summed E-state index contributed by atoms with van der Waals surface area (Å²) in [6, 6.07) is 18.3. The van der Waals surface area contributed by atoms with E-state index in [0.29, 0.717) is 23.4 Å². The third-order valence-electron chi connectivity index (χ3n) is 4.48. The van der Waals surface area contributed by atoms with Gasteiger partial charge < -0.3 is 15.4 Å². The lowest BCUT2D eigenvalue weighted by molar-refractivity contribution is -0.111. The molecule has 0 aliphatic rings. The number of hydrogen-bond acceptors (Lipinski definition) is 4. The predicted octanol–water partition coefficient (Wildman–Crippen LogP) is 3.98. The average molecular weight is 401 g/mol. The first-order valence-corrected chi connectivity index (χ1v) is 9.50. The lowest BCUT2D eigenvalue weighted by Gasteiger charge is -2.10. The Labute approximate surface area is 175 Å². The summed E-state index contributed by atoms with van der Waals surface area (Å²) in [5.41, 5.74) is 3.57. The van der Waals surface area contributed by atoms with Crippen molar-refractivity contribution in [1.82, 2.24) is 10.3 Å². The summed E-state index contributed by atoms with van der Waals surface area (Å²) in [4.78, 5) is 28.4. The second-order valence-electron chi connectivity index (χ2n) is 6.56. The monoisotopic (exact) mass is 401 g/mol. The molecule has 0 radical (unpaired) electrons. The zero-order chi connectivity index (χ0) is 21.3. The van der Waals surface area contributed by atoms with E-state index in [1.54, 1.807) is 44.4 Å². The van der Waals surface area contributed by atoms with Crippen molar-refractivity contribution in [3.63, 3.8) is 0 Å². The number of carbonyl (C=O) groups excluding carboxylic acids is 2. The number of pyridine rings is 1. The minimum Gasteiger partial charge on any atom is -0.487 e. The van der Waals surface area contributed by atoms with Gasteiger partial charge >= 0.3 is 0 Å². The van der Waals surface area contributed by atoms with Crippen molar-refractivity contribution < 1.29 is 14.3 Å². The van der Waals surface area contributed by atoms with Gasteiger partial charge in [0, 0.05) is 30.6 Å². The number of benzene rings is 2. The van der Waals surface area contributed by atoms with Crippen molar-refractivity contribution in [1.29, 1.82) is 0 Å². The zero-order valence-corrected chi connectivity index (χ0v) is 16.9. The van der Waals surface area contributed by atoms with Crippen molar-refractivity contribution in [3.05, 3.63) is 95.3 Å². The first-order valence-electron chi connectivity index (χ1n) is 9.50. The second-order valence-corrected chi connectivity index (χ2v) is 6.56. The molecule has 1 heterocycles. The first kappa shape index (κ1) is 20.8. The van der Waals surface area contributed by atoms with Crippen LogP contribution in [0.5, 0.6) is 5.75 Å². The van der Waals surface area contributed by atoms with E-state index in [0.717, 1.165) is 17.0 Å². The molecule has 6 heteroatoms. The van der Waals surface area contributed by atoms with Crippen LogP contribution in [0.4, 0.5) is 5.69 Å². The zero-order valence-electron chi connectivity index (χ0n) is 16.9. The van der Waals surface area contributed by atoms with E-state index < -0.39 is 0 Å². The molecule has 152 valence electrons. The lowest BCUT2D eigenvalue weighted by atomic mass is 10.1. The molecule has 6 nitrogen and oxygen atoms in total. The van der Waals surface area contributed by atoms with Gasteiger partial charge in [-0.2, -0.15) is 0 Å². The number of aromatic nitrogens is 1. The Morgan fingerprint density at radius 2 is 1.83 bits per heavy atom. The number of anilines is 1. The third-order valence-corrected chi connectivity index (χ3v) is 4.48. The summed E-state index contributed by atoms with van der Waals surface area (Å²) in [7, 11) is 1.57. The van der Waals surface area contributed by atoms with Crippen LogP contribution in [0.2, 0.25) is 0 Å². The number of carbonyl (C=O) groups is 2. The molecule has 2 N–H and O–H groups in total. The van der Waals surface area contributed by atoms with E-state index in [2.05, 4.69) is 15.6 Å². The Morgan fingerprint density at radius 1 is 1.03 bits per heavy atom. The molecule has 0 aliphatic heterocycles. The molecule has 2 aromatic carbocycles. The summed E-state index contributed by atoms with van der Waals surface area (Å²) in [6.07, 6.45) is 4.90. The molecule has 0 saturated carbocycles. The van der Waals surface area contributed by atoms with E-state index in [4.69, 9.17) is 4.74 Å². The number of hydrogen-bond donors (Lipinski definition) is 2. The van der Waals surface area contributed by atoms with Crippen LogP contribution in [0.3, 0.4) is 0 Å². The highest BCUT2D eigenvalue weighted by Gasteiger charge is 2.11.